The number of hydrogen-bond donors (Lipinski definition) is 2. The van der Waals surface area contributed by atoms with Crippen LogP contribution in [0.1, 0.15) is 11.3 Å². The lowest BCUT2D eigenvalue weighted by Crippen LogP contribution is -2.34. The number of amides is 2. The fourth-order valence-electron chi connectivity index (χ4n) is 1.90. The van der Waals surface area contributed by atoms with Crippen LogP contribution in [0.3, 0.4) is 0 Å². The van der Waals surface area contributed by atoms with Gasteiger partial charge in [0.15, 0.2) is 0 Å². The molecule has 2 amide bonds. The highest BCUT2D eigenvalue weighted by atomic mass is 16.2. The molecule has 2 N–H and O–H groups in total. The first-order valence-corrected chi connectivity index (χ1v) is 6.80. The molecule has 0 radical (unpaired) electrons. The molecule has 0 bridgehead atoms. The second-order valence-electron chi connectivity index (χ2n) is 5.10. The summed E-state index contributed by atoms with van der Waals surface area (Å²) in [7, 11) is 5.82. The largest absolute Gasteiger partial charge is 0.363 e. The average molecular weight is 287 g/mol. The second-order valence-corrected chi connectivity index (χ2v) is 5.10. The van der Waals surface area contributed by atoms with Crippen LogP contribution in [0.5, 0.6) is 0 Å². The number of hydrogen-bond acceptors (Lipinski definition) is 3. The van der Waals surface area contributed by atoms with Gasteiger partial charge in [-0.15, -0.1) is 0 Å². The van der Waals surface area contributed by atoms with E-state index in [0.29, 0.717) is 13.1 Å². The molecule has 6 nitrogen and oxygen atoms in total. The summed E-state index contributed by atoms with van der Waals surface area (Å²) in [5.74, 6) is 0.874. The zero-order valence-electron chi connectivity index (χ0n) is 12.6. The van der Waals surface area contributed by atoms with Gasteiger partial charge in [0.25, 0.3) is 0 Å². The maximum atomic E-state index is 11.7. The second kappa shape index (κ2) is 6.78. The van der Waals surface area contributed by atoms with Gasteiger partial charge in [0.2, 0.25) is 0 Å². The van der Waals surface area contributed by atoms with Crippen molar-refractivity contribution in [2.45, 2.75) is 13.1 Å². The molecule has 0 fully saturated rings. The molecular formula is C15H21N5O. The predicted octanol–water partition coefficient (Wildman–Crippen LogP) is 1.49. The zero-order chi connectivity index (χ0) is 15.2. The Bertz CT molecular complexity index is 606. The number of carbonyl (C=O) groups is 1. The Labute approximate surface area is 124 Å². The molecule has 2 aromatic heterocycles. The highest BCUT2D eigenvalue weighted by molar-refractivity contribution is 5.73. The highest BCUT2D eigenvalue weighted by Gasteiger charge is 2.03. The van der Waals surface area contributed by atoms with Crippen molar-refractivity contribution < 1.29 is 4.79 Å². The molecule has 112 valence electrons. The van der Waals surface area contributed by atoms with E-state index >= 15 is 0 Å². The molecular weight excluding hydrogens is 266 g/mol. The van der Waals surface area contributed by atoms with E-state index in [1.807, 2.05) is 67.3 Å². The normalized spacial score (nSPS) is 10.2. The zero-order valence-corrected chi connectivity index (χ0v) is 12.6. The summed E-state index contributed by atoms with van der Waals surface area (Å²) in [6, 6.07) is 7.53. The van der Waals surface area contributed by atoms with E-state index in [-0.39, 0.29) is 6.03 Å². The van der Waals surface area contributed by atoms with Crippen molar-refractivity contribution in [3.05, 3.63) is 47.9 Å². The molecule has 0 atom stereocenters. The van der Waals surface area contributed by atoms with Gasteiger partial charge in [-0.2, -0.15) is 0 Å². The first kappa shape index (κ1) is 14.9. The van der Waals surface area contributed by atoms with Crippen LogP contribution < -0.4 is 15.5 Å². The maximum absolute atomic E-state index is 11.7. The monoisotopic (exact) mass is 287 g/mol. The van der Waals surface area contributed by atoms with E-state index in [4.69, 9.17) is 0 Å². The number of nitrogens with zero attached hydrogens (tertiary/aromatic N) is 3. The van der Waals surface area contributed by atoms with Crippen molar-refractivity contribution in [2.24, 2.45) is 7.05 Å². The Hall–Kier alpha value is -2.50. The van der Waals surface area contributed by atoms with Gasteiger partial charge in [-0.25, -0.2) is 9.78 Å². The summed E-state index contributed by atoms with van der Waals surface area (Å²) in [5, 5.41) is 5.62. The summed E-state index contributed by atoms with van der Waals surface area (Å²) >= 11 is 0. The molecule has 2 rings (SSSR count). The lowest BCUT2D eigenvalue weighted by Gasteiger charge is -2.12. The summed E-state index contributed by atoms with van der Waals surface area (Å²) in [6.45, 7) is 0.917. The number of urea groups is 1. The molecule has 0 unspecified atom stereocenters. The van der Waals surface area contributed by atoms with Crippen LogP contribution >= 0.6 is 0 Å². The topological polar surface area (TPSA) is 62.2 Å². The van der Waals surface area contributed by atoms with Crippen molar-refractivity contribution in [1.82, 2.24) is 20.2 Å². The lowest BCUT2D eigenvalue weighted by atomic mass is 10.3. The number of aromatic nitrogens is 2. The number of carbonyl (C=O) groups excluding carboxylic acids is 1. The number of aryl methyl sites for hydroxylation is 1. The molecule has 0 aliphatic rings. The van der Waals surface area contributed by atoms with Crippen LogP contribution in [-0.4, -0.2) is 29.7 Å². The van der Waals surface area contributed by atoms with Gasteiger partial charge in [0.05, 0.1) is 12.2 Å². The molecule has 0 saturated carbocycles. The van der Waals surface area contributed by atoms with Crippen LogP contribution in [0.4, 0.5) is 10.6 Å². The molecule has 2 aromatic rings. The molecule has 0 aromatic carbocycles. The third-order valence-corrected chi connectivity index (χ3v) is 3.03. The molecule has 6 heteroatoms. The van der Waals surface area contributed by atoms with Gasteiger partial charge in [0, 0.05) is 40.1 Å². The predicted molar refractivity (Wildman–Crippen MR) is 83.1 cm³/mol. The highest BCUT2D eigenvalue weighted by Crippen LogP contribution is 2.07. The molecule has 0 spiro atoms. The van der Waals surface area contributed by atoms with E-state index in [9.17, 15) is 4.79 Å². The molecule has 0 aliphatic carbocycles. The fraction of sp³-hybridized carbons (Fsp3) is 0.333. The third kappa shape index (κ3) is 4.52. The van der Waals surface area contributed by atoms with Crippen LogP contribution in [0, 0.1) is 0 Å². The van der Waals surface area contributed by atoms with Gasteiger partial charge in [-0.05, 0) is 23.8 Å². The molecule has 2 heterocycles. The first-order valence-electron chi connectivity index (χ1n) is 6.80. The van der Waals surface area contributed by atoms with Crippen LogP contribution in [-0.2, 0) is 20.1 Å². The van der Waals surface area contributed by atoms with E-state index in [1.54, 1.807) is 0 Å². The smallest absolute Gasteiger partial charge is 0.315 e. The standard InChI is InChI=1S/C15H21N5O/c1-19(2)14-6-4-5-13(18-14)10-17-15(21)16-9-12-7-8-20(3)11-12/h4-8,11H,9-10H2,1-3H3,(H2,16,17,21). The maximum Gasteiger partial charge on any atom is 0.315 e. The van der Waals surface area contributed by atoms with Gasteiger partial charge in [-0.3, -0.25) is 0 Å². The van der Waals surface area contributed by atoms with Gasteiger partial charge in [0.1, 0.15) is 5.82 Å². The summed E-state index contributed by atoms with van der Waals surface area (Å²) in [5.41, 5.74) is 1.90. The Balaban J connectivity index is 1.79. The summed E-state index contributed by atoms with van der Waals surface area (Å²) < 4.78 is 1.95. The molecule has 0 saturated heterocycles. The van der Waals surface area contributed by atoms with E-state index < -0.39 is 0 Å². The number of nitrogens with one attached hydrogen (secondary N) is 2. The van der Waals surface area contributed by atoms with E-state index in [2.05, 4.69) is 15.6 Å². The fourth-order valence-corrected chi connectivity index (χ4v) is 1.90. The number of rotatable bonds is 5. The number of pyridine rings is 1. The van der Waals surface area contributed by atoms with E-state index in [0.717, 1.165) is 17.1 Å². The molecule has 21 heavy (non-hydrogen) atoms. The lowest BCUT2D eigenvalue weighted by molar-refractivity contribution is 0.240. The van der Waals surface area contributed by atoms with Crippen molar-refractivity contribution in [1.29, 1.82) is 0 Å². The summed E-state index contributed by atoms with van der Waals surface area (Å²) in [6.07, 6.45) is 3.92. The van der Waals surface area contributed by atoms with Gasteiger partial charge in [-0.1, -0.05) is 6.07 Å². The minimum atomic E-state index is -0.198. The Morgan fingerprint density at radius 1 is 1.24 bits per heavy atom. The van der Waals surface area contributed by atoms with Crippen molar-refractivity contribution in [3.63, 3.8) is 0 Å². The quantitative estimate of drug-likeness (QED) is 0.875. The van der Waals surface area contributed by atoms with Crippen LogP contribution in [0.2, 0.25) is 0 Å². The van der Waals surface area contributed by atoms with Gasteiger partial charge >= 0.3 is 6.03 Å². The third-order valence-electron chi connectivity index (χ3n) is 3.03. The molecule has 0 aliphatic heterocycles. The van der Waals surface area contributed by atoms with Crippen molar-refractivity contribution in [3.8, 4) is 0 Å². The Morgan fingerprint density at radius 2 is 2.00 bits per heavy atom. The number of anilines is 1. The Kier molecular flexibility index (Phi) is 4.81. The van der Waals surface area contributed by atoms with Crippen LogP contribution in [0.15, 0.2) is 36.7 Å². The average Bonchev–Trinajstić information content (AvgIpc) is 2.89. The minimum absolute atomic E-state index is 0.198. The van der Waals surface area contributed by atoms with Crippen LogP contribution in [0.25, 0.3) is 0 Å². The summed E-state index contributed by atoms with van der Waals surface area (Å²) in [4.78, 5) is 18.1. The minimum Gasteiger partial charge on any atom is -0.363 e. The Morgan fingerprint density at radius 3 is 2.67 bits per heavy atom. The first-order chi connectivity index (χ1) is 10.0. The van der Waals surface area contributed by atoms with Gasteiger partial charge < -0.3 is 20.1 Å². The van der Waals surface area contributed by atoms with Crippen molar-refractivity contribution in [2.75, 3.05) is 19.0 Å². The van der Waals surface area contributed by atoms with Crippen molar-refractivity contribution >= 4 is 11.8 Å². The van der Waals surface area contributed by atoms with E-state index in [1.165, 1.54) is 0 Å². The SMILES string of the molecule is CN(C)c1cccc(CNC(=O)NCc2ccn(C)c2)n1.